The summed E-state index contributed by atoms with van der Waals surface area (Å²) in [6, 6.07) is 6.58. The summed E-state index contributed by atoms with van der Waals surface area (Å²) in [6.45, 7) is 4.65. The lowest BCUT2D eigenvalue weighted by Crippen LogP contribution is -2.29. The Labute approximate surface area is 98.7 Å². The smallest absolute Gasteiger partial charge is 0.123 e. The van der Waals surface area contributed by atoms with Gasteiger partial charge in [-0.15, -0.1) is 0 Å². The number of benzene rings is 1. The van der Waals surface area contributed by atoms with Crippen molar-refractivity contribution in [2.75, 3.05) is 12.8 Å². The van der Waals surface area contributed by atoms with Crippen LogP contribution in [0.3, 0.4) is 0 Å². The highest BCUT2D eigenvalue weighted by Crippen LogP contribution is 2.12. The zero-order chi connectivity index (χ0) is 12.1. The van der Waals surface area contributed by atoms with Gasteiger partial charge < -0.3 is 5.32 Å². The van der Waals surface area contributed by atoms with Crippen LogP contribution in [0, 0.1) is 5.82 Å². The first-order chi connectivity index (χ1) is 7.50. The maximum atomic E-state index is 12.7. The van der Waals surface area contributed by atoms with Crippen molar-refractivity contribution in [3.8, 4) is 0 Å². The third-order valence-electron chi connectivity index (χ3n) is 2.65. The summed E-state index contributed by atoms with van der Waals surface area (Å²) < 4.78 is 23.9. The molecular weight excluding hydrogens is 225 g/mol. The van der Waals surface area contributed by atoms with Crippen LogP contribution < -0.4 is 5.32 Å². The van der Waals surface area contributed by atoms with Crippen molar-refractivity contribution < 1.29 is 8.60 Å². The Morgan fingerprint density at radius 3 is 2.38 bits per heavy atom. The first-order valence-electron chi connectivity index (χ1n) is 5.31. The summed E-state index contributed by atoms with van der Waals surface area (Å²) >= 11 is 0. The predicted molar refractivity (Wildman–Crippen MR) is 66.3 cm³/mol. The number of nitrogens with one attached hydrogen (secondary N) is 1. The molecule has 3 unspecified atom stereocenters. The van der Waals surface area contributed by atoms with Gasteiger partial charge in [-0.3, -0.25) is 4.21 Å². The van der Waals surface area contributed by atoms with E-state index in [-0.39, 0.29) is 17.1 Å². The second-order valence-electron chi connectivity index (χ2n) is 3.99. The standard InChI is InChI=1S/C12H18FNOS/c1-9(16(3)15)8-14-10(2)11-4-6-12(13)7-5-11/h4-7,9-10,14H,8H2,1-3H3. The minimum Gasteiger partial charge on any atom is -0.309 e. The largest absolute Gasteiger partial charge is 0.309 e. The predicted octanol–water partition coefficient (Wildman–Crippen LogP) is 2.24. The summed E-state index contributed by atoms with van der Waals surface area (Å²) in [7, 11) is -0.809. The molecule has 0 bridgehead atoms. The van der Waals surface area contributed by atoms with E-state index in [4.69, 9.17) is 0 Å². The van der Waals surface area contributed by atoms with E-state index in [0.29, 0.717) is 6.54 Å². The van der Waals surface area contributed by atoms with Crippen molar-refractivity contribution in [3.05, 3.63) is 35.6 Å². The SMILES string of the molecule is CC(NCC(C)S(C)=O)c1ccc(F)cc1. The summed E-state index contributed by atoms with van der Waals surface area (Å²) in [4.78, 5) is 0. The van der Waals surface area contributed by atoms with Gasteiger partial charge in [0.15, 0.2) is 0 Å². The van der Waals surface area contributed by atoms with E-state index in [1.807, 2.05) is 13.8 Å². The Morgan fingerprint density at radius 2 is 1.88 bits per heavy atom. The van der Waals surface area contributed by atoms with Crippen molar-refractivity contribution in [2.24, 2.45) is 0 Å². The van der Waals surface area contributed by atoms with Crippen LogP contribution in [0.1, 0.15) is 25.5 Å². The Kier molecular flexibility index (Phi) is 5.09. The average molecular weight is 243 g/mol. The minimum absolute atomic E-state index is 0.128. The van der Waals surface area contributed by atoms with Gasteiger partial charge in [-0.2, -0.15) is 0 Å². The average Bonchev–Trinajstić information content (AvgIpc) is 2.26. The molecule has 0 radical (unpaired) electrons. The molecule has 0 spiro atoms. The van der Waals surface area contributed by atoms with Gasteiger partial charge in [0.2, 0.25) is 0 Å². The molecule has 0 fully saturated rings. The maximum absolute atomic E-state index is 12.7. The molecule has 1 rings (SSSR count). The van der Waals surface area contributed by atoms with Crippen molar-refractivity contribution in [1.29, 1.82) is 0 Å². The molecule has 0 aliphatic heterocycles. The van der Waals surface area contributed by atoms with E-state index < -0.39 is 10.8 Å². The van der Waals surface area contributed by atoms with Gasteiger partial charge in [0.25, 0.3) is 0 Å². The second kappa shape index (κ2) is 6.11. The number of rotatable bonds is 5. The molecule has 2 nitrogen and oxygen atoms in total. The second-order valence-corrected chi connectivity index (χ2v) is 5.79. The van der Waals surface area contributed by atoms with Crippen LogP contribution >= 0.6 is 0 Å². The molecule has 3 atom stereocenters. The molecule has 0 aromatic heterocycles. The summed E-state index contributed by atoms with van der Waals surface area (Å²) in [5.74, 6) is -0.223. The van der Waals surface area contributed by atoms with Gasteiger partial charge >= 0.3 is 0 Å². The minimum atomic E-state index is -0.809. The lowest BCUT2D eigenvalue weighted by Gasteiger charge is -2.16. The number of hydrogen-bond donors (Lipinski definition) is 1. The Hall–Kier alpha value is -0.740. The fraction of sp³-hybridized carbons (Fsp3) is 0.500. The lowest BCUT2D eigenvalue weighted by molar-refractivity contribution is 0.566. The van der Waals surface area contributed by atoms with Crippen LogP contribution in [-0.4, -0.2) is 22.3 Å². The quantitative estimate of drug-likeness (QED) is 0.859. The van der Waals surface area contributed by atoms with Crippen LogP contribution in [0.15, 0.2) is 24.3 Å². The number of halogens is 1. The molecule has 0 aliphatic carbocycles. The van der Waals surface area contributed by atoms with E-state index in [1.54, 1.807) is 18.4 Å². The van der Waals surface area contributed by atoms with Crippen molar-refractivity contribution >= 4 is 10.8 Å². The zero-order valence-corrected chi connectivity index (χ0v) is 10.7. The fourth-order valence-electron chi connectivity index (χ4n) is 1.33. The third kappa shape index (κ3) is 4.02. The molecule has 0 amide bonds. The molecular formula is C12H18FNOS. The summed E-state index contributed by atoms with van der Waals surface area (Å²) in [5, 5.41) is 3.41. The summed E-state index contributed by atoms with van der Waals surface area (Å²) in [5.41, 5.74) is 1.04. The molecule has 1 aromatic rings. The van der Waals surface area contributed by atoms with E-state index in [9.17, 15) is 8.60 Å². The van der Waals surface area contributed by atoms with Gasteiger partial charge in [0.05, 0.1) is 0 Å². The summed E-state index contributed by atoms with van der Waals surface area (Å²) in [6.07, 6.45) is 1.70. The van der Waals surface area contributed by atoms with Crippen LogP contribution in [-0.2, 0) is 10.8 Å². The van der Waals surface area contributed by atoms with Gasteiger partial charge in [-0.05, 0) is 31.5 Å². The Balaban J connectivity index is 2.49. The molecule has 0 aliphatic rings. The molecule has 0 saturated heterocycles. The monoisotopic (exact) mass is 243 g/mol. The molecule has 16 heavy (non-hydrogen) atoms. The normalized spacial score (nSPS) is 16.8. The van der Waals surface area contributed by atoms with Crippen molar-refractivity contribution in [3.63, 3.8) is 0 Å². The molecule has 4 heteroatoms. The highest BCUT2D eigenvalue weighted by molar-refractivity contribution is 7.84. The molecule has 0 heterocycles. The molecule has 1 aromatic carbocycles. The Bertz CT molecular complexity index is 353. The van der Waals surface area contributed by atoms with E-state index in [1.165, 1.54) is 12.1 Å². The molecule has 90 valence electrons. The fourth-order valence-corrected chi connectivity index (χ4v) is 1.66. The lowest BCUT2D eigenvalue weighted by atomic mass is 10.1. The van der Waals surface area contributed by atoms with Gasteiger partial charge in [-0.1, -0.05) is 12.1 Å². The van der Waals surface area contributed by atoms with Crippen molar-refractivity contribution in [2.45, 2.75) is 25.1 Å². The van der Waals surface area contributed by atoms with E-state index >= 15 is 0 Å². The van der Waals surface area contributed by atoms with Crippen LogP contribution in [0.2, 0.25) is 0 Å². The van der Waals surface area contributed by atoms with Gasteiger partial charge in [0, 0.05) is 34.9 Å². The topological polar surface area (TPSA) is 29.1 Å². The van der Waals surface area contributed by atoms with Crippen molar-refractivity contribution in [1.82, 2.24) is 5.32 Å². The van der Waals surface area contributed by atoms with E-state index in [0.717, 1.165) is 5.56 Å². The van der Waals surface area contributed by atoms with Crippen LogP contribution in [0.25, 0.3) is 0 Å². The van der Waals surface area contributed by atoms with Crippen LogP contribution in [0.4, 0.5) is 4.39 Å². The maximum Gasteiger partial charge on any atom is 0.123 e. The third-order valence-corrected chi connectivity index (χ3v) is 3.95. The van der Waals surface area contributed by atoms with Gasteiger partial charge in [0.1, 0.15) is 5.82 Å². The number of hydrogen-bond acceptors (Lipinski definition) is 2. The first kappa shape index (κ1) is 13.3. The first-order valence-corrected chi connectivity index (χ1v) is 6.94. The highest BCUT2D eigenvalue weighted by atomic mass is 32.2. The Morgan fingerprint density at radius 1 is 1.31 bits per heavy atom. The molecule has 1 N–H and O–H groups in total. The van der Waals surface area contributed by atoms with Gasteiger partial charge in [-0.25, -0.2) is 4.39 Å². The highest BCUT2D eigenvalue weighted by Gasteiger charge is 2.09. The zero-order valence-electron chi connectivity index (χ0n) is 9.87. The molecule has 0 saturated carbocycles. The van der Waals surface area contributed by atoms with E-state index in [2.05, 4.69) is 5.32 Å². The van der Waals surface area contributed by atoms with Crippen LogP contribution in [0.5, 0.6) is 0 Å².